The molecule has 1 unspecified atom stereocenters. The topological polar surface area (TPSA) is 35.5 Å². The van der Waals surface area contributed by atoms with Crippen LogP contribution >= 0.6 is 0 Å². The number of halogens is 4. The van der Waals surface area contributed by atoms with E-state index in [4.69, 9.17) is 9.47 Å². The molecule has 3 nitrogen and oxygen atoms in total. The van der Waals surface area contributed by atoms with Crippen LogP contribution in [-0.4, -0.2) is 18.8 Å². The lowest BCUT2D eigenvalue weighted by Gasteiger charge is -2.17. The van der Waals surface area contributed by atoms with Crippen molar-refractivity contribution in [1.29, 1.82) is 0 Å². The van der Waals surface area contributed by atoms with E-state index < -0.39 is 35.6 Å². The Hall–Kier alpha value is -2.57. The maximum absolute atomic E-state index is 13.4. The van der Waals surface area contributed by atoms with Gasteiger partial charge in [-0.3, -0.25) is 4.79 Å². The molecule has 1 aliphatic rings. The van der Waals surface area contributed by atoms with Gasteiger partial charge in [0.15, 0.2) is 0 Å². The molecule has 0 bridgehead atoms. The molecule has 28 heavy (non-hydrogen) atoms. The number of para-hydroxylation sites is 1. The molecule has 0 aliphatic heterocycles. The SMILES string of the molecule is CC1(C)C(C(=O)OCc2cccc(Oc3ccccc3)c2)C1(C(F)F)C(F)F. The molecular formula is C21H20F4O3. The molecule has 0 aromatic heterocycles. The van der Waals surface area contributed by atoms with E-state index in [-0.39, 0.29) is 6.61 Å². The van der Waals surface area contributed by atoms with Crippen molar-refractivity contribution in [2.45, 2.75) is 33.3 Å². The highest BCUT2D eigenvalue weighted by Gasteiger charge is 2.83. The molecule has 1 aliphatic carbocycles. The number of carbonyl (C=O) groups excluding carboxylic acids is 1. The van der Waals surface area contributed by atoms with Gasteiger partial charge in [0, 0.05) is 0 Å². The second-order valence-corrected chi connectivity index (χ2v) is 7.36. The third-order valence-corrected chi connectivity index (χ3v) is 5.45. The van der Waals surface area contributed by atoms with E-state index in [1.54, 1.807) is 36.4 Å². The first-order chi connectivity index (χ1) is 13.2. The molecule has 1 atom stereocenters. The highest BCUT2D eigenvalue weighted by Crippen LogP contribution is 2.74. The van der Waals surface area contributed by atoms with E-state index in [1.165, 1.54) is 13.8 Å². The quantitative estimate of drug-likeness (QED) is 0.445. The number of hydrogen-bond donors (Lipinski definition) is 0. The molecule has 3 rings (SSSR count). The zero-order chi connectivity index (χ0) is 20.5. The molecule has 0 amide bonds. The van der Waals surface area contributed by atoms with Crippen LogP contribution in [0.1, 0.15) is 19.4 Å². The normalized spacial score (nSPS) is 19.5. The van der Waals surface area contributed by atoms with E-state index in [1.807, 2.05) is 18.2 Å². The average molecular weight is 396 g/mol. The summed E-state index contributed by atoms with van der Waals surface area (Å²) in [6.45, 7) is 2.26. The lowest BCUT2D eigenvalue weighted by molar-refractivity contribution is -0.151. The second kappa shape index (κ2) is 7.45. The molecule has 1 fully saturated rings. The molecule has 0 radical (unpaired) electrons. The summed E-state index contributed by atoms with van der Waals surface area (Å²) in [5.74, 6) is -1.47. The Morgan fingerprint density at radius 3 is 2.14 bits per heavy atom. The monoisotopic (exact) mass is 396 g/mol. The standard InChI is InChI=1S/C21H20F4O3/c1-20(2)16(21(20,18(22)23)19(24)25)17(26)27-12-13-7-6-10-15(11-13)28-14-8-4-3-5-9-14/h3-11,16,18-19H,12H2,1-2H3. The zero-order valence-corrected chi connectivity index (χ0v) is 15.4. The van der Waals surface area contributed by atoms with Crippen LogP contribution < -0.4 is 4.74 Å². The van der Waals surface area contributed by atoms with E-state index >= 15 is 0 Å². The van der Waals surface area contributed by atoms with Crippen LogP contribution in [0.2, 0.25) is 0 Å². The molecular weight excluding hydrogens is 376 g/mol. The molecule has 0 spiro atoms. The summed E-state index contributed by atoms with van der Waals surface area (Å²) in [6.07, 6.45) is -6.63. The van der Waals surface area contributed by atoms with Gasteiger partial charge < -0.3 is 9.47 Å². The van der Waals surface area contributed by atoms with Crippen LogP contribution in [0, 0.1) is 16.7 Å². The van der Waals surface area contributed by atoms with Gasteiger partial charge in [0.05, 0.1) is 5.92 Å². The van der Waals surface area contributed by atoms with Crippen LogP contribution in [0.5, 0.6) is 11.5 Å². The fourth-order valence-electron chi connectivity index (χ4n) is 3.79. The van der Waals surface area contributed by atoms with Crippen LogP contribution in [0.4, 0.5) is 17.6 Å². The van der Waals surface area contributed by atoms with Gasteiger partial charge in [-0.1, -0.05) is 44.2 Å². The van der Waals surface area contributed by atoms with Gasteiger partial charge in [-0.2, -0.15) is 0 Å². The Bertz CT molecular complexity index is 829. The van der Waals surface area contributed by atoms with E-state index in [0.29, 0.717) is 17.1 Å². The zero-order valence-electron chi connectivity index (χ0n) is 15.4. The highest BCUT2D eigenvalue weighted by molar-refractivity contribution is 5.79. The van der Waals surface area contributed by atoms with Crippen molar-refractivity contribution >= 4 is 5.97 Å². The average Bonchev–Trinajstić information content (AvgIpc) is 3.19. The predicted octanol–water partition coefficient (Wildman–Crippen LogP) is 5.69. The summed E-state index contributed by atoms with van der Waals surface area (Å²) in [6, 6.07) is 15.7. The second-order valence-electron chi connectivity index (χ2n) is 7.36. The van der Waals surface area contributed by atoms with E-state index in [2.05, 4.69) is 0 Å². The van der Waals surface area contributed by atoms with Crippen molar-refractivity contribution in [2.24, 2.45) is 16.7 Å². The molecule has 0 heterocycles. The summed E-state index contributed by atoms with van der Waals surface area (Å²) in [4.78, 5) is 12.3. The first kappa shape index (κ1) is 20.2. The van der Waals surface area contributed by atoms with Gasteiger partial charge in [0.1, 0.15) is 23.5 Å². The number of esters is 1. The van der Waals surface area contributed by atoms with Gasteiger partial charge >= 0.3 is 5.97 Å². The van der Waals surface area contributed by atoms with E-state index in [9.17, 15) is 22.4 Å². The van der Waals surface area contributed by atoms with Gasteiger partial charge in [-0.05, 0) is 35.2 Å². The largest absolute Gasteiger partial charge is 0.461 e. The van der Waals surface area contributed by atoms with Gasteiger partial charge in [-0.15, -0.1) is 0 Å². The van der Waals surface area contributed by atoms with Crippen LogP contribution in [-0.2, 0) is 16.1 Å². The summed E-state index contributed by atoms with van der Waals surface area (Å²) >= 11 is 0. The van der Waals surface area contributed by atoms with Gasteiger partial charge in [0.25, 0.3) is 12.9 Å². The molecule has 2 aromatic rings. The van der Waals surface area contributed by atoms with Crippen molar-refractivity contribution in [2.75, 3.05) is 0 Å². The summed E-state index contributed by atoms with van der Waals surface area (Å²) in [5.41, 5.74) is -3.65. The third-order valence-electron chi connectivity index (χ3n) is 5.45. The molecule has 150 valence electrons. The Morgan fingerprint density at radius 2 is 1.57 bits per heavy atom. The maximum atomic E-state index is 13.4. The first-order valence-electron chi connectivity index (χ1n) is 8.76. The smallest absolute Gasteiger partial charge is 0.310 e. The third kappa shape index (κ3) is 3.34. The Kier molecular flexibility index (Phi) is 5.37. The maximum Gasteiger partial charge on any atom is 0.310 e. The number of alkyl halides is 4. The van der Waals surface area contributed by atoms with Gasteiger partial charge in [0.2, 0.25) is 0 Å². The Labute approximate surface area is 160 Å². The fourth-order valence-corrected chi connectivity index (χ4v) is 3.79. The molecule has 0 N–H and O–H groups in total. The highest BCUT2D eigenvalue weighted by atomic mass is 19.3. The summed E-state index contributed by atoms with van der Waals surface area (Å²) in [7, 11) is 0. The number of ether oxygens (including phenoxy) is 2. The summed E-state index contributed by atoms with van der Waals surface area (Å²) in [5, 5.41) is 0. The summed E-state index contributed by atoms with van der Waals surface area (Å²) < 4.78 is 64.2. The van der Waals surface area contributed by atoms with Crippen molar-refractivity contribution in [3.8, 4) is 11.5 Å². The van der Waals surface area contributed by atoms with Crippen molar-refractivity contribution < 1.29 is 31.8 Å². The van der Waals surface area contributed by atoms with Crippen LogP contribution in [0.15, 0.2) is 54.6 Å². The van der Waals surface area contributed by atoms with Crippen LogP contribution in [0.3, 0.4) is 0 Å². The van der Waals surface area contributed by atoms with Crippen molar-refractivity contribution in [3.63, 3.8) is 0 Å². The van der Waals surface area contributed by atoms with Crippen molar-refractivity contribution in [3.05, 3.63) is 60.2 Å². The van der Waals surface area contributed by atoms with Crippen molar-refractivity contribution in [1.82, 2.24) is 0 Å². The molecule has 7 heteroatoms. The van der Waals surface area contributed by atoms with Gasteiger partial charge in [-0.25, -0.2) is 17.6 Å². The Balaban J connectivity index is 1.66. The Morgan fingerprint density at radius 1 is 0.964 bits per heavy atom. The minimum absolute atomic E-state index is 0.222. The number of benzene rings is 2. The minimum Gasteiger partial charge on any atom is -0.461 e. The number of hydrogen-bond acceptors (Lipinski definition) is 3. The fraction of sp³-hybridized carbons (Fsp3) is 0.381. The molecule has 1 saturated carbocycles. The lowest BCUT2D eigenvalue weighted by Crippen LogP contribution is -2.29. The molecule has 2 aromatic carbocycles. The first-order valence-corrected chi connectivity index (χ1v) is 8.76. The minimum atomic E-state index is -3.32. The lowest BCUT2D eigenvalue weighted by atomic mass is 9.97. The molecule has 0 saturated heterocycles. The van der Waals surface area contributed by atoms with E-state index in [0.717, 1.165) is 0 Å². The number of rotatable bonds is 7. The number of carbonyl (C=O) groups is 1. The predicted molar refractivity (Wildman–Crippen MR) is 94.5 cm³/mol. The van der Waals surface area contributed by atoms with Crippen LogP contribution in [0.25, 0.3) is 0 Å².